The number of fused-ring (bicyclic) bond motifs is 1. The molecule has 1 aliphatic rings. The Morgan fingerprint density at radius 2 is 2.00 bits per heavy atom. The van der Waals surface area contributed by atoms with E-state index in [1.807, 2.05) is 0 Å². The number of carboxylic acids is 1. The smallest absolute Gasteiger partial charge is 0.311 e. The summed E-state index contributed by atoms with van der Waals surface area (Å²) in [5.74, 6) is -1.94. The second-order valence-corrected chi connectivity index (χ2v) is 7.33. The summed E-state index contributed by atoms with van der Waals surface area (Å²) in [6.07, 6.45) is 0.331. The fourth-order valence-electron chi connectivity index (χ4n) is 2.18. The van der Waals surface area contributed by atoms with Crippen molar-refractivity contribution in [3.63, 3.8) is 0 Å². The number of hydrogen-bond donors (Lipinski definition) is 3. The van der Waals surface area contributed by atoms with Crippen molar-refractivity contribution in [2.24, 2.45) is 0 Å². The lowest BCUT2D eigenvalue weighted by Gasteiger charge is -2.20. The van der Waals surface area contributed by atoms with E-state index in [0.717, 1.165) is 5.56 Å². The predicted molar refractivity (Wildman–Crippen MR) is 63.0 cm³/mol. The maximum Gasteiger partial charge on any atom is 0.311 e. The molecule has 0 amide bonds. The Morgan fingerprint density at radius 1 is 1.38 bits per heavy atom. The zero-order valence-corrected chi connectivity index (χ0v) is 9.99. The van der Waals surface area contributed by atoms with Crippen LogP contribution in [0.4, 0.5) is 0 Å². The molecule has 0 heterocycles. The first kappa shape index (κ1) is 11.7. The number of carboxylic acid groups (broad SMARTS) is 1. The Morgan fingerprint density at radius 3 is 2.56 bits per heavy atom. The lowest BCUT2D eigenvalue weighted by atomic mass is 10.0. The van der Waals surface area contributed by atoms with Gasteiger partial charge in [0.15, 0.2) is 6.49 Å². The zero-order valence-electron chi connectivity index (χ0n) is 8.28. The van der Waals surface area contributed by atoms with Crippen molar-refractivity contribution in [2.45, 2.75) is 18.0 Å². The number of aliphatic carboxylic acids is 1. The first-order chi connectivity index (χ1) is 7.41. The predicted octanol–water partition coefficient (Wildman–Crippen LogP) is 1.07. The van der Waals surface area contributed by atoms with Gasteiger partial charge in [0.1, 0.15) is 0 Å². The van der Waals surface area contributed by atoms with Crippen molar-refractivity contribution in [3.8, 4) is 0 Å². The van der Waals surface area contributed by atoms with Crippen molar-refractivity contribution in [3.05, 3.63) is 35.4 Å². The molecule has 0 aromatic heterocycles. The largest absolute Gasteiger partial charge is 0.481 e. The lowest BCUT2D eigenvalue weighted by Crippen LogP contribution is -2.22. The van der Waals surface area contributed by atoms with E-state index in [1.54, 1.807) is 24.3 Å². The van der Waals surface area contributed by atoms with Gasteiger partial charge in [0.25, 0.3) is 0 Å². The highest BCUT2D eigenvalue weighted by atomic mass is 32.5. The molecule has 0 bridgehead atoms. The number of benzene rings is 1. The molecular formula is C10H11O4PS. The van der Waals surface area contributed by atoms with Crippen molar-refractivity contribution >= 4 is 24.3 Å². The normalized spacial score (nSPS) is 24.1. The van der Waals surface area contributed by atoms with E-state index in [-0.39, 0.29) is 0 Å². The van der Waals surface area contributed by atoms with E-state index >= 15 is 0 Å². The second-order valence-electron chi connectivity index (χ2n) is 3.88. The summed E-state index contributed by atoms with van der Waals surface area (Å²) in [6.45, 7) is -3.55. The van der Waals surface area contributed by atoms with E-state index in [2.05, 4.69) is 11.8 Å². The van der Waals surface area contributed by atoms with Crippen molar-refractivity contribution in [1.82, 2.24) is 0 Å². The quantitative estimate of drug-likeness (QED) is 0.692. The molecule has 0 spiro atoms. The third-order valence-corrected chi connectivity index (χ3v) is 5.06. The first-order valence-corrected chi connectivity index (χ1v) is 7.55. The maximum atomic E-state index is 11.2. The monoisotopic (exact) mass is 258 g/mol. The van der Waals surface area contributed by atoms with Crippen LogP contribution in [-0.4, -0.2) is 26.5 Å². The highest BCUT2D eigenvalue weighted by molar-refractivity contribution is 8.09. The van der Waals surface area contributed by atoms with Gasteiger partial charge in [0.05, 0.1) is 11.6 Å². The highest BCUT2D eigenvalue weighted by Gasteiger charge is 2.44. The molecule has 0 unspecified atom stereocenters. The van der Waals surface area contributed by atoms with Crippen LogP contribution in [-0.2, 0) is 23.0 Å². The summed E-state index contributed by atoms with van der Waals surface area (Å²) in [7, 11) is 0. The van der Waals surface area contributed by atoms with E-state index < -0.39 is 24.0 Å². The molecule has 1 aromatic carbocycles. The van der Waals surface area contributed by atoms with Gasteiger partial charge in [0.2, 0.25) is 0 Å². The summed E-state index contributed by atoms with van der Waals surface area (Å²) in [5, 5.41) is 9.14. The molecule has 0 aliphatic heterocycles. The summed E-state index contributed by atoms with van der Waals surface area (Å²) in [4.78, 5) is 30.2. The SMILES string of the molecule is O=C(O)[C@@H]1c2ccccc2C[C@H]1P(O)(O)=S. The van der Waals surface area contributed by atoms with Crippen LogP contribution in [0.2, 0.25) is 0 Å². The van der Waals surface area contributed by atoms with Crippen LogP contribution < -0.4 is 0 Å². The molecule has 1 aliphatic carbocycles. The Hall–Kier alpha value is -0.740. The summed E-state index contributed by atoms with van der Waals surface area (Å²) >= 11 is 4.65. The molecule has 0 saturated carbocycles. The van der Waals surface area contributed by atoms with Crippen LogP contribution >= 0.6 is 6.49 Å². The number of rotatable bonds is 2. The third kappa shape index (κ3) is 1.92. The average Bonchev–Trinajstić information content (AvgIpc) is 2.55. The number of carbonyl (C=O) groups is 1. The van der Waals surface area contributed by atoms with E-state index in [1.165, 1.54) is 0 Å². The summed E-state index contributed by atoms with van der Waals surface area (Å²) < 4.78 is 0. The van der Waals surface area contributed by atoms with E-state index in [4.69, 9.17) is 5.11 Å². The molecule has 86 valence electrons. The molecule has 6 heteroatoms. The molecule has 2 atom stereocenters. The fraction of sp³-hybridized carbons (Fsp3) is 0.300. The van der Waals surface area contributed by atoms with Crippen molar-refractivity contribution < 1.29 is 19.7 Å². The van der Waals surface area contributed by atoms with Gasteiger partial charge in [-0.3, -0.25) is 4.79 Å². The van der Waals surface area contributed by atoms with Gasteiger partial charge in [0, 0.05) is 0 Å². The molecule has 3 N–H and O–H groups in total. The number of hydrogen-bond acceptors (Lipinski definition) is 2. The lowest BCUT2D eigenvalue weighted by molar-refractivity contribution is -0.138. The Kier molecular flexibility index (Phi) is 2.88. The third-order valence-electron chi connectivity index (χ3n) is 2.90. The topological polar surface area (TPSA) is 77.8 Å². The molecule has 0 fully saturated rings. The van der Waals surface area contributed by atoms with Gasteiger partial charge in [-0.2, -0.15) is 0 Å². The second kappa shape index (κ2) is 3.93. The average molecular weight is 258 g/mol. The molecule has 1 aromatic rings. The molecule has 4 nitrogen and oxygen atoms in total. The van der Waals surface area contributed by atoms with Crippen LogP contribution in [0.1, 0.15) is 17.0 Å². The molecular weight excluding hydrogens is 247 g/mol. The minimum atomic E-state index is -3.55. The van der Waals surface area contributed by atoms with E-state index in [0.29, 0.717) is 12.0 Å². The molecule has 0 saturated heterocycles. The van der Waals surface area contributed by atoms with Crippen molar-refractivity contribution in [2.75, 3.05) is 0 Å². The first-order valence-electron chi connectivity index (χ1n) is 4.77. The molecule has 2 rings (SSSR count). The summed E-state index contributed by atoms with van der Waals surface area (Å²) in [5.41, 5.74) is 0.729. The van der Waals surface area contributed by atoms with Gasteiger partial charge in [-0.15, -0.1) is 0 Å². The van der Waals surface area contributed by atoms with Crippen LogP contribution in [0.25, 0.3) is 0 Å². The van der Waals surface area contributed by atoms with Crippen LogP contribution in [0.15, 0.2) is 24.3 Å². The molecule has 16 heavy (non-hydrogen) atoms. The van der Waals surface area contributed by atoms with Gasteiger partial charge in [-0.1, -0.05) is 24.3 Å². The minimum absolute atomic E-state index is 0.331. The van der Waals surface area contributed by atoms with Crippen LogP contribution in [0.3, 0.4) is 0 Å². The Bertz CT molecular complexity index is 481. The minimum Gasteiger partial charge on any atom is -0.481 e. The fourth-order valence-corrected chi connectivity index (χ4v) is 3.88. The van der Waals surface area contributed by atoms with Gasteiger partial charge >= 0.3 is 5.97 Å². The highest BCUT2D eigenvalue weighted by Crippen LogP contribution is 2.54. The van der Waals surface area contributed by atoms with Crippen LogP contribution in [0.5, 0.6) is 0 Å². The van der Waals surface area contributed by atoms with Gasteiger partial charge in [-0.05, 0) is 29.4 Å². The van der Waals surface area contributed by atoms with Crippen LogP contribution in [0, 0.1) is 0 Å². The maximum absolute atomic E-state index is 11.2. The van der Waals surface area contributed by atoms with E-state index in [9.17, 15) is 14.6 Å². The van der Waals surface area contributed by atoms with Gasteiger partial charge in [-0.25, -0.2) is 0 Å². The Labute approximate surface area is 97.7 Å². The standard InChI is InChI=1S/C10H11O4PS/c11-10(12)9-7-4-2-1-3-6(7)5-8(9)15(13,14)16/h1-4,8-9H,5H2,(H,11,12)(H2,13,14,16)/t8-,9-/m1/s1. The molecule has 0 radical (unpaired) electrons. The van der Waals surface area contributed by atoms with Crippen molar-refractivity contribution in [1.29, 1.82) is 0 Å². The zero-order chi connectivity index (χ0) is 11.9. The summed E-state index contributed by atoms with van der Waals surface area (Å²) in [6, 6.07) is 7.06. The Balaban J connectivity index is 2.50. The van der Waals surface area contributed by atoms with Gasteiger partial charge < -0.3 is 14.9 Å².